The fourth-order valence-corrected chi connectivity index (χ4v) is 3.16. The highest BCUT2D eigenvalue weighted by Crippen LogP contribution is 2.33. The fourth-order valence-electron chi connectivity index (χ4n) is 3.16. The zero-order chi connectivity index (χ0) is 17.9. The van der Waals surface area contributed by atoms with Crippen LogP contribution >= 0.6 is 0 Å². The lowest BCUT2D eigenvalue weighted by atomic mass is 9.99. The number of rotatable bonds is 3. The van der Waals surface area contributed by atoms with Crippen molar-refractivity contribution in [1.82, 2.24) is 9.99 Å². The topological polar surface area (TPSA) is 45.6 Å². The van der Waals surface area contributed by atoms with Gasteiger partial charge in [-0.05, 0) is 36.2 Å². The summed E-state index contributed by atoms with van der Waals surface area (Å²) < 4.78 is 0. The number of aryl methyl sites for hydroxylation is 1. The van der Waals surface area contributed by atoms with Crippen LogP contribution in [0.1, 0.15) is 39.5 Å². The van der Waals surface area contributed by atoms with Crippen LogP contribution in [0.15, 0.2) is 84.2 Å². The molecule has 0 saturated heterocycles. The molecule has 4 nitrogen and oxygen atoms in total. The summed E-state index contributed by atoms with van der Waals surface area (Å²) in [6.07, 6.45) is 4.22. The first-order chi connectivity index (χ1) is 12.7. The monoisotopic (exact) mass is 341 g/mol. The van der Waals surface area contributed by atoms with Gasteiger partial charge in [0.15, 0.2) is 0 Å². The van der Waals surface area contributed by atoms with Gasteiger partial charge in [-0.25, -0.2) is 5.01 Å². The molecule has 0 fully saturated rings. The number of nitrogens with zero attached hydrogens (tertiary/aromatic N) is 3. The van der Waals surface area contributed by atoms with E-state index >= 15 is 0 Å². The zero-order valence-electron chi connectivity index (χ0n) is 14.5. The summed E-state index contributed by atoms with van der Waals surface area (Å²) in [5, 5.41) is 6.29. The van der Waals surface area contributed by atoms with Gasteiger partial charge in [0.05, 0.1) is 11.8 Å². The third kappa shape index (κ3) is 3.14. The van der Waals surface area contributed by atoms with Gasteiger partial charge in [-0.1, -0.05) is 54.1 Å². The highest BCUT2D eigenvalue weighted by Gasteiger charge is 2.33. The maximum Gasteiger partial charge on any atom is 0.274 e. The maximum absolute atomic E-state index is 13.1. The highest BCUT2D eigenvalue weighted by molar-refractivity contribution is 6.05. The van der Waals surface area contributed by atoms with Crippen LogP contribution < -0.4 is 0 Å². The minimum absolute atomic E-state index is 0.0958. The van der Waals surface area contributed by atoms with Crippen molar-refractivity contribution in [1.29, 1.82) is 0 Å². The summed E-state index contributed by atoms with van der Waals surface area (Å²) in [7, 11) is 0. The van der Waals surface area contributed by atoms with Crippen LogP contribution in [0.25, 0.3) is 0 Å². The second-order valence-electron chi connectivity index (χ2n) is 6.43. The predicted molar refractivity (Wildman–Crippen MR) is 102 cm³/mol. The van der Waals surface area contributed by atoms with Crippen molar-refractivity contribution in [2.75, 3.05) is 0 Å². The number of benzene rings is 2. The summed E-state index contributed by atoms with van der Waals surface area (Å²) in [5.74, 6) is -0.0958. The van der Waals surface area contributed by atoms with Gasteiger partial charge in [0.2, 0.25) is 0 Å². The van der Waals surface area contributed by atoms with E-state index in [4.69, 9.17) is 5.10 Å². The molecule has 0 N–H and O–H groups in total. The van der Waals surface area contributed by atoms with Crippen molar-refractivity contribution in [3.05, 3.63) is 101 Å². The first-order valence-corrected chi connectivity index (χ1v) is 8.65. The smallest absolute Gasteiger partial charge is 0.267 e. The molecule has 1 aliphatic heterocycles. The van der Waals surface area contributed by atoms with Gasteiger partial charge in [0.1, 0.15) is 0 Å². The van der Waals surface area contributed by atoms with E-state index in [1.54, 1.807) is 11.2 Å². The summed E-state index contributed by atoms with van der Waals surface area (Å²) in [5.41, 5.74) is 4.79. The van der Waals surface area contributed by atoms with Gasteiger partial charge < -0.3 is 0 Å². The Morgan fingerprint density at radius 2 is 1.77 bits per heavy atom. The summed E-state index contributed by atoms with van der Waals surface area (Å²) >= 11 is 0. The van der Waals surface area contributed by atoms with Crippen LogP contribution in [0.2, 0.25) is 0 Å². The number of pyridine rings is 1. The average molecular weight is 341 g/mol. The van der Waals surface area contributed by atoms with Crippen LogP contribution in [0.5, 0.6) is 0 Å². The van der Waals surface area contributed by atoms with Gasteiger partial charge >= 0.3 is 0 Å². The average Bonchev–Trinajstić information content (AvgIpc) is 3.15. The molecule has 0 spiro atoms. The molecule has 2 aromatic carbocycles. The Balaban J connectivity index is 1.72. The quantitative estimate of drug-likeness (QED) is 0.709. The van der Waals surface area contributed by atoms with E-state index in [2.05, 4.69) is 36.2 Å². The summed E-state index contributed by atoms with van der Waals surface area (Å²) in [4.78, 5) is 17.3. The van der Waals surface area contributed by atoms with E-state index < -0.39 is 0 Å². The SMILES string of the molecule is Cc1ccc(C2=NN(C(=O)c3ccccc3)C(c3cccnc3)C2)cc1. The predicted octanol–water partition coefficient (Wildman–Crippen LogP) is 4.38. The molecule has 4 heteroatoms. The largest absolute Gasteiger partial charge is 0.274 e. The lowest BCUT2D eigenvalue weighted by Gasteiger charge is -2.21. The molecule has 1 aliphatic rings. The molecule has 0 radical (unpaired) electrons. The Kier molecular flexibility index (Phi) is 4.32. The molecule has 1 unspecified atom stereocenters. The van der Waals surface area contributed by atoms with Gasteiger partial charge in [-0.2, -0.15) is 5.10 Å². The molecular weight excluding hydrogens is 322 g/mol. The van der Waals surface area contributed by atoms with Crippen molar-refractivity contribution in [3.63, 3.8) is 0 Å². The van der Waals surface area contributed by atoms with E-state index in [1.165, 1.54) is 5.56 Å². The summed E-state index contributed by atoms with van der Waals surface area (Å²) in [6, 6.07) is 21.3. The molecule has 4 rings (SSSR count). The standard InChI is InChI=1S/C22H19N3O/c1-16-9-11-17(12-10-16)20-14-21(19-8-5-13-23-15-19)25(24-20)22(26)18-6-3-2-4-7-18/h2-13,15,21H,14H2,1H3. The molecule has 0 aliphatic carbocycles. The molecule has 2 heterocycles. The van der Waals surface area contributed by atoms with Crippen LogP contribution in [0, 0.1) is 6.92 Å². The van der Waals surface area contributed by atoms with Crippen molar-refractivity contribution in [2.24, 2.45) is 5.10 Å². The maximum atomic E-state index is 13.1. The van der Waals surface area contributed by atoms with Gasteiger partial charge in [0, 0.05) is 24.4 Å². The first-order valence-electron chi connectivity index (χ1n) is 8.65. The normalized spacial score (nSPS) is 16.4. The van der Waals surface area contributed by atoms with E-state index in [9.17, 15) is 4.79 Å². The Labute approximate surface area is 152 Å². The number of carbonyl (C=O) groups is 1. The first kappa shape index (κ1) is 16.2. The minimum Gasteiger partial charge on any atom is -0.267 e. The molecule has 1 aromatic heterocycles. The number of hydrogen-bond donors (Lipinski definition) is 0. The Morgan fingerprint density at radius 1 is 1.00 bits per heavy atom. The van der Waals surface area contributed by atoms with E-state index in [-0.39, 0.29) is 11.9 Å². The number of carbonyl (C=O) groups excluding carboxylic acids is 1. The zero-order valence-corrected chi connectivity index (χ0v) is 14.5. The van der Waals surface area contributed by atoms with Crippen LogP contribution in [0.4, 0.5) is 0 Å². The molecule has 1 amide bonds. The highest BCUT2D eigenvalue weighted by atomic mass is 16.2. The third-order valence-corrected chi connectivity index (χ3v) is 4.59. The van der Waals surface area contributed by atoms with Crippen molar-refractivity contribution in [3.8, 4) is 0 Å². The second-order valence-corrected chi connectivity index (χ2v) is 6.43. The Hall–Kier alpha value is -3.27. The van der Waals surface area contributed by atoms with Gasteiger partial charge in [-0.3, -0.25) is 9.78 Å². The lowest BCUT2D eigenvalue weighted by Crippen LogP contribution is -2.27. The second kappa shape index (κ2) is 6.92. The van der Waals surface area contributed by atoms with Crippen LogP contribution in [-0.4, -0.2) is 21.6 Å². The van der Waals surface area contributed by atoms with E-state index in [1.807, 2.05) is 48.7 Å². The molecule has 26 heavy (non-hydrogen) atoms. The molecule has 3 aromatic rings. The van der Waals surface area contributed by atoms with Gasteiger partial charge in [0.25, 0.3) is 5.91 Å². The van der Waals surface area contributed by atoms with Crippen molar-refractivity contribution < 1.29 is 4.79 Å². The lowest BCUT2D eigenvalue weighted by molar-refractivity contribution is 0.0711. The van der Waals surface area contributed by atoms with Crippen molar-refractivity contribution >= 4 is 11.6 Å². The van der Waals surface area contributed by atoms with Crippen molar-refractivity contribution in [2.45, 2.75) is 19.4 Å². The number of amides is 1. The summed E-state index contributed by atoms with van der Waals surface area (Å²) in [6.45, 7) is 2.06. The Morgan fingerprint density at radius 3 is 2.46 bits per heavy atom. The van der Waals surface area contributed by atoms with Gasteiger partial charge in [-0.15, -0.1) is 0 Å². The van der Waals surface area contributed by atoms with E-state index in [0.29, 0.717) is 12.0 Å². The number of aromatic nitrogens is 1. The number of hydrogen-bond acceptors (Lipinski definition) is 3. The Bertz CT molecular complexity index is 934. The molecule has 1 atom stereocenters. The van der Waals surface area contributed by atoms with E-state index in [0.717, 1.165) is 16.8 Å². The molecular formula is C22H19N3O. The molecule has 0 saturated carbocycles. The van der Waals surface area contributed by atoms with Crippen LogP contribution in [0.3, 0.4) is 0 Å². The third-order valence-electron chi connectivity index (χ3n) is 4.59. The number of hydrazone groups is 1. The van der Waals surface area contributed by atoms with Crippen LogP contribution in [-0.2, 0) is 0 Å². The molecule has 128 valence electrons. The minimum atomic E-state index is -0.146. The fraction of sp³-hybridized carbons (Fsp3) is 0.136. The molecule has 0 bridgehead atoms.